The van der Waals surface area contributed by atoms with E-state index in [0.717, 1.165) is 25.3 Å². The lowest BCUT2D eigenvalue weighted by atomic mass is 10.1. The van der Waals surface area contributed by atoms with Crippen LogP contribution in [-0.4, -0.2) is 23.8 Å². The Hall–Kier alpha value is -2.31. The number of esters is 1. The maximum absolute atomic E-state index is 13.0. The summed E-state index contributed by atoms with van der Waals surface area (Å²) in [5.41, 5.74) is -0.913. The van der Waals surface area contributed by atoms with Gasteiger partial charge in [0.25, 0.3) is 0 Å². The van der Waals surface area contributed by atoms with E-state index in [-0.39, 0.29) is 5.56 Å². The predicted molar refractivity (Wildman–Crippen MR) is 54.0 cm³/mol. The van der Waals surface area contributed by atoms with Crippen LogP contribution in [0.5, 0.6) is 0 Å². The molecule has 6 nitrogen and oxygen atoms in total. The minimum Gasteiger partial charge on any atom is -0.469 e. The summed E-state index contributed by atoms with van der Waals surface area (Å²) in [6, 6.07) is 2.68. The number of halogens is 1. The van der Waals surface area contributed by atoms with Gasteiger partial charge in [-0.05, 0) is 12.1 Å². The van der Waals surface area contributed by atoms with Crippen molar-refractivity contribution in [3.8, 4) is 0 Å². The third-order valence-corrected chi connectivity index (χ3v) is 2.00. The predicted octanol–water partition coefficient (Wildman–Crippen LogP) is 1.48. The molecule has 1 aromatic carbocycles. The molecule has 0 N–H and O–H groups in total. The average molecular weight is 241 g/mol. The van der Waals surface area contributed by atoms with Gasteiger partial charge in [0.15, 0.2) is 5.78 Å². The van der Waals surface area contributed by atoms with Crippen LogP contribution in [0.3, 0.4) is 0 Å². The van der Waals surface area contributed by atoms with Gasteiger partial charge >= 0.3 is 11.7 Å². The summed E-state index contributed by atoms with van der Waals surface area (Å²) in [5, 5.41) is 10.4. The molecule has 0 fully saturated rings. The second-order valence-electron chi connectivity index (χ2n) is 3.10. The number of nitrogens with zero attached hydrogens (tertiary/aromatic N) is 1. The zero-order valence-corrected chi connectivity index (χ0v) is 8.81. The maximum Gasteiger partial charge on any atom is 0.313 e. The van der Waals surface area contributed by atoms with Crippen molar-refractivity contribution in [2.75, 3.05) is 7.11 Å². The molecule has 0 saturated heterocycles. The van der Waals surface area contributed by atoms with Gasteiger partial charge in [-0.15, -0.1) is 0 Å². The van der Waals surface area contributed by atoms with Crippen molar-refractivity contribution in [1.29, 1.82) is 0 Å². The number of hydrogen-bond donors (Lipinski definition) is 0. The molecule has 0 aliphatic heterocycles. The van der Waals surface area contributed by atoms with Crippen LogP contribution in [0.4, 0.5) is 10.1 Å². The molecule has 0 amide bonds. The highest BCUT2D eigenvalue weighted by atomic mass is 19.1. The minimum atomic E-state index is -1.04. The van der Waals surface area contributed by atoms with Crippen LogP contribution in [0.1, 0.15) is 16.8 Å². The molecule has 0 saturated carbocycles. The summed E-state index contributed by atoms with van der Waals surface area (Å²) in [5.74, 6) is -2.47. The van der Waals surface area contributed by atoms with Crippen LogP contribution < -0.4 is 0 Å². The van der Waals surface area contributed by atoms with E-state index in [4.69, 9.17) is 0 Å². The fourth-order valence-corrected chi connectivity index (χ4v) is 1.13. The molecule has 0 bridgehead atoms. The van der Waals surface area contributed by atoms with Crippen molar-refractivity contribution in [2.45, 2.75) is 6.42 Å². The molecule has 7 heteroatoms. The van der Waals surface area contributed by atoms with Crippen LogP contribution in [0.2, 0.25) is 0 Å². The molecule has 0 atom stereocenters. The first-order valence-electron chi connectivity index (χ1n) is 4.49. The van der Waals surface area contributed by atoms with Crippen LogP contribution in [0.15, 0.2) is 18.2 Å². The largest absolute Gasteiger partial charge is 0.469 e. The van der Waals surface area contributed by atoms with Crippen LogP contribution in [0, 0.1) is 15.9 Å². The molecule has 0 radical (unpaired) electrons. The third-order valence-electron chi connectivity index (χ3n) is 2.00. The van der Waals surface area contributed by atoms with E-state index in [1.807, 2.05) is 0 Å². The zero-order chi connectivity index (χ0) is 13.0. The smallest absolute Gasteiger partial charge is 0.313 e. The molecule has 1 rings (SSSR count). The molecule has 0 unspecified atom stereocenters. The third kappa shape index (κ3) is 3.07. The van der Waals surface area contributed by atoms with Gasteiger partial charge < -0.3 is 4.74 Å². The Kier molecular flexibility index (Phi) is 3.86. The number of benzene rings is 1. The number of hydrogen-bond acceptors (Lipinski definition) is 5. The minimum absolute atomic E-state index is 0.108. The summed E-state index contributed by atoms with van der Waals surface area (Å²) in [4.78, 5) is 31.8. The van der Waals surface area contributed by atoms with E-state index >= 15 is 0 Å². The molecule has 0 aliphatic rings. The number of ether oxygens (including phenoxy) is 1. The highest BCUT2D eigenvalue weighted by Crippen LogP contribution is 2.19. The number of rotatable bonds is 4. The summed E-state index contributed by atoms with van der Waals surface area (Å²) >= 11 is 0. The Morgan fingerprint density at radius 1 is 1.47 bits per heavy atom. The van der Waals surface area contributed by atoms with Crippen molar-refractivity contribution in [1.82, 2.24) is 0 Å². The second-order valence-corrected chi connectivity index (χ2v) is 3.10. The monoisotopic (exact) mass is 241 g/mol. The number of carbonyl (C=O) groups excluding carboxylic acids is 2. The normalized spacial score (nSPS) is 9.76. The maximum atomic E-state index is 13.0. The van der Waals surface area contributed by atoms with Crippen LogP contribution >= 0.6 is 0 Å². The molecular weight excluding hydrogens is 233 g/mol. The Labute approximate surface area is 95.1 Å². The van der Waals surface area contributed by atoms with Gasteiger partial charge in [-0.2, -0.15) is 4.39 Å². The molecule has 0 aliphatic carbocycles. The molecule has 90 valence electrons. The van der Waals surface area contributed by atoms with Gasteiger partial charge in [-0.25, -0.2) is 0 Å². The van der Waals surface area contributed by atoms with Crippen molar-refractivity contribution in [3.05, 3.63) is 39.7 Å². The summed E-state index contributed by atoms with van der Waals surface area (Å²) in [6.45, 7) is 0. The number of methoxy groups -OCH3 is 1. The van der Waals surface area contributed by atoms with E-state index in [1.165, 1.54) is 0 Å². The van der Waals surface area contributed by atoms with Gasteiger partial charge in [-0.3, -0.25) is 19.7 Å². The van der Waals surface area contributed by atoms with E-state index in [9.17, 15) is 24.1 Å². The summed E-state index contributed by atoms with van der Waals surface area (Å²) in [7, 11) is 1.11. The van der Waals surface area contributed by atoms with Gasteiger partial charge in [-0.1, -0.05) is 0 Å². The first kappa shape index (κ1) is 12.8. The number of carbonyl (C=O) groups is 2. The lowest BCUT2D eigenvalue weighted by Crippen LogP contribution is -2.10. The van der Waals surface area contributed by atoms with Crippen LogP contribution in [-0.2, 0) is 9.53 Å². The highest BCUT2D eigenvalue weighted by Gasteiger charge is 2.19. The molecule has 0 spiro atoms. The number of nitro groups is 1. The fourth-order valence-electron chi connectivity index (χ4n) is 1.13. The van der Waals surface area contributed by atoms with E-state index in [1.54, 1.807) is 0 Å². The van der Waals surface area contributed by atoms with Crippen molar-refractivity contribution in [2.24, 2.45) is 0 Å². The highest BCUT2D eigenvalue weighted by molar-refractivity contribution is 6.06. The van der Waals surface area contributed by atoms with Gasteiger partial charge in [0.05, 0.1) is 12.0 Å². The topological polar surface area (TPSA) is 86.5 Å². The molecule has 0 aromatic heterocycles. The first-order chi connectivity index (χ1) is 7.95. The number of nitro benzene ring substituents is 1. The van der Waals surface area contributed by atoms with E-state index in [0.29, 0.717) is 0 Å². The SMILES string of the molecule is COC(=O)CC(=O)c1ccc(F)c([N+](=O)[O-])c1. The van der Waals surface area contributed by atoms with Crippen molar-refractivity contribution >= 4 is 17.4 Å². The Balaban J connectivity index is 3.00. The molecular formula is C10H8FNO5. The van der Waals surface area contributed by atoms with Crippen molar-refractivity contribution in [3.63, 3.8) is 0 Å². The summed E-state index contributed by atoms with van der Waals surface area (Å²) in [6.07, 6.45) is -0.542. The van der Waals surface area contributed by atoms with Crippen LogP contribution in [0.25, 0.3) is 0 Å². The standard InChI is InChI=1S/C10H8FNO5/c1-17-10(14)5-9(13)6-2-3-7(11)8(4-6)12(15)16/h2-4H,5H2,1H3. The second kappa shape index (κ2) is 5.15. The summed E-state index contributed by atoms with van der Waals surface area (Å²) < 4.78 is 17.2. The molecule has 17 heavy (non-hydrogen) atoms. The van der Waals surface area contributed by atoms with Crippen molar-refractivity contribution < 1.29 is 23.6 Å². The number of ketones is 1. The average Bonchev–Trinajstić information content (AvgIpc) is 2.28. The Morgan fingerprint density at radius 2 is 2.12 bits per heavy atom. The quantitative estimate of drug-likeness (QED) is 0.262. The number of Topliss-reactive ketones (excluding diaryl/α,β-unsaturated/α-hetero) is 1. The lowest BCUT2D eigenvalue weighted by molar-refractivity contribution is -0.387. The molecule has 1 aromatic rings. The molecule has 0 heterocycles. The Bertz CT molecular complexity index is 486. The van der Waals surface area contributed by atoms with E-state index in [2.05, 4.69) is 4.74 Å². The van der Waals surface area contributed by atoms with Gasteiger partial charge in [0.1, 0.15) is 6.42 Å². The Morgan fingerprint density at radius 3 is 2.65 bits per heavy atom. The zero-order valence-electron chi connectivity index (χ0n) is 8.81. The van der Waals surface area contributed by atoms with E-state index < -0.39 is 34.6 Å². The van der Waals surface area contributed by atoms with Gasteiger partial charge in [0, 0.05) is 11.6 Å². The lowest BCUT2D eigenvalue weighted by Gasteiger charge is -2.00. The first-order valence-corrected chi connectivity index (χ1v) is 4.49. The fraction of sp³-hybridized carbons (Fsp3) is 0.200. The van der Waals surface area contributed by atoms with Gasteiger partial charge in [0.2, 0.25) is 5.82 Å².